The fourth-order valence-corrected chi connectivity index (χ4v) is 3.38. The van der Waals surface area contributed by atoms with Gasteiger partial charge in [0.25, 0.3) is 0 Å². The maximum atomic E-state index is 11.3. The Morgan fingerprint density at radius 3 is 1.39 bits per heavy atom. The van der Waals surface area contributed by atoms with Gasteiger partial charge < -0.3 is 4.57 Å². The summed E-state index contributed by atoms with van der Waals surface area (Å²) in [6.07, 6.45) is 16.8. The molecule has 0 bridgehead atoms. The van der Waals surface area contributed by atoms with Crippen LogP contribution in [0.15, 0.2) is 0 Å². The van der Waals surface area contributed by atoms with Crippen molar-refractivity contribution in [2.24, 2.45) is 0 Å². The van der Waals surface area contributed by atoms with Gasteiger partial charge in [-0.15, -0.1) is 0 Å². The molecule has 0 fully saturated rings. The van der Waals surface area contributed by atoms with Crippen LogP contribution in [0.25, 0.3) is 0 Å². The standard InChI is InChI=1S/C15H32ClOP/c1-3-4-5-6-7-8-9-10-11-12-13-14-15-18(2,16)17/h3-15H2,1-2H3. The van der Waals surface area contributed by atoms with Gasteiger partial charge in [-0.2, -0.15) is 0 Å². The van der Waals surface area contributed by atoms with Gasteiger partial charge in [0, 0.05) is 12.8 Å². The summed E-state index contributed by atoms with van der Waals surface area (Å²) in [5, 5.41) is 0. The molecule has 0 aliphatic rings. The molecule has 0 spiro atoms. The second kappa shape index (κ2) is 12.5. The van der Waals surface area contributed by atoms with E-state index in [0.29, 0.717) is 6.16 Å². The van der Waals surface area contributed by atoms with Crippen molar-refractivity contribution in [3.8, 4) is 0 Å². The maximum Gasteiger partial charge on any atom is 0.166 e. The average Bonchev–Trinajstić information content (AvgIpc) is 2.29. The molecule has 1 unspecified atom stereocenters. The fourth-order valence-electron chi connectivity index (χ4n) is 2.24. The summed E-state index contributed by atoms with van der Waals surface area (Å²) in [5.41, 5.74) is 0. The molecular formula is C15H32ClOP. The molecule has 0 radical (unpaired) electrons. The summed E-state index contributed by atoms with van der Waals surface area (Å²) in [4.78, 5) is 0. The minimum Gasteiger partial charge on any atom is -0.307 e. The molecule has 1 atom stereocenters. The molecule has 0 aliphatic carbocycles. The monoisotopic (exact) mass is 294 g/mol. The zero-order valence-electron chi connectivity index (χ0n) is 12.4. The summed E-state index contributed by atoms with van der Waals surface area (Å²) in [7, 11) is 0. The van der Waals surface area contributed by atoms with E-state index in [0.717, 1.165) is 6.42 Å². The molecule has 0 N–H and O–H groups in total. The molecule has 0 saturated carbocycles. The highest BCUT2D eigenvalue weighted by Gasteiger charge is 2.08. The Morgan fingerprint density at radius 2 is 1.06 bits per heavy atom. The zero-order chi connectivity index (χ0) is 13.7. The third kappa shape index (κ3) is 16.5. The first kappa shape index (κ1) is 18.5. The second-order valence-electron chi connectivity index (χ2n) is 5.60. The Kier molecular flexibility index (Phi) is 12.9. The van der Waals surface area contributed by atoms with Gasteiger partial charge >= 0.3 is 0 Å². The van der Waals surface area contributed by atoms with Gasteiger partial charge in [0.05, 0.1) is 0 Å². The van der Waals surface area contributed by atoms with Crippen molar-refractivity contribution in [3.63, 3.8) is 0 Å². The Morgan fingerprint density at radius 1 is 0.722 bits per heavy atom. The van der Waals surface area contributed by atoms with Gasteiger partial charge in [-0.05, 0) is 6.42 Å². The van der Waals surface area contributed by atoms with Crippen molar-refractivity contribution in [2.45, 2.75) is 84.0 Å². The van der Waals surface area contributed by atoms with Crippen LogP contribution >= 0.6 is 17.7 Å². The van der Waals surface area contributed by atoms with Gasteiger partial charge in [0.15, 0.2) is 6.49 Å². The van der Waals surface area contributed by atoms with E-state index < -0.39 is 6.49 Å². The minimum atomic E-state index is -2.27. The zero-order valence-corrected chi connectivity index (χ0v) is 14.1. The SMILES string of the molecule is CCCCCCCCCCCCCCP(C)(=O)Cl. The van der Waals surface area contributed by atoms with Crippen molar-refractivity contribution >= 4 is 17.7 Å². The fraction of sp³-hybridized carbons (Fsp3) is 1.00. The average molecular weight is 295 g/mol. The van der Waals surface area contributed by atoms with Crippen molar-refractivity contribution in [3.05, 3.63) is 0 Å². The maximum absolute atomic E-state index is 11.3. The summed E-state index contributed by atoms with van der Waals surface area (Å²) in [6, 6.07) is 0. The lowest BCUT2D eigenvalue weighted by Crippen LogP contribution is -1.85. The Labute approximate surface area is 119 Å². The van der Waals surface area contributed by atoms with Gasteiger partial charge in [-0.3, -0.25) is 0 Å². The molecule has 110 valence electrons. The van der Waals surface area contributed by atoms with E-state index in [9.17, 15) is 4.57 Å². The molecule has 0 rings (SSSR count). The Bertz CT molecular complexity index is 213. The largest absolute Gasteiger partial charge is 0.307 e. The lowest BCUT2D eigenvalue weighted by atomic mass is 10.1. The number of rotatable bonds is 13. The predicted molar refractivity (Wildman–Crippen MR) is 85.3 cm³/mol. The molecule has 0 aromatic heterocycles. The van der Waals surface area contributed by atoms with E-state index >= 15 is 0 Å². The van der Waals surface area contributed by atoms with Crippen LogP contribution in [-0.2, 0) is 4.57 Å². The van der Waals surface area contributed by atoms with E-state index in [1.165, 1.54) is 70.6 Å². The molecule has 1 nitrogen and oxygen atoms in total. The van der Waals surface area contributed by atoms with Gasteiger partial charge in [-0.25, -0.2) is 0 Å². The normalized spacial score (nSPS) is 14.6. The second-order valence-corrected chi connectivity index (χ2v) is 10.2. The molecule has 0 aliphatic heterocycles. The van der Waals surface area contributed by atoms with Crippen molar-refractivity contribution < 1.29 is 4.57 Å². The van der Waals surface area contributed by atoms with Crippen molar-refractivity contribution in [1.29, 1.82) is 0 Å². The lowest BCUT2D eigenvalue weighted by molar-refractivity contribution is 0.546. The van der Waals surface area contributed by atoms with E-state index in [2.05, 4.69) is 6.92 Å². The van der Waals surface area contributed by atoms with Crippen LogP contribution in [0.1, 0.15) is 84.0 Å². The van der Waals surface area contributed by atoms with Crippen LogP contribution in [0.4, 0.5) is 0 Å². The highest BCUT2D eigenvalue weighted by Crippen LogP contribution is 2.47. The minimum absolute atomic E-state index is 0.714. The third-order valence-corrected chi connectivity index (χ3v) is 5.03. The number of unbranched alkanes of at least 4 members (excludes halogenated alkanes) is 11. The third-order valence-electron chi connectivity index (χ3n) is 3.41. The first-order chi connectivity index (χ1) is 8.56. The van der Waals surface area contributed by atoms with Gasteiger partial charge in [0.1, 0.15) is 0 Å². The molecule has 0 amide bonds. The number of hydrogen-bond donors (Lipinski definition) is 0. The van der Waals surface area contributed by atoms with E-state index in [-0.39, 0.29) is 0 Å². The number of hydrogen-bond acceptors (Lipinski definition) is 1. The van der Waals surface area contributed by atoms with Gasteiger partial charge in [-0.1, -0.05) is 88.8 Å². The van der Waals surface area contributed by atoms with Crippen LogP contribution in [0, 0.1) is 0 Å². The lowest BCUT2D eigenvalue weighted by Gasteiger charge is -2.04. The highest BCUT2D eigenvalue weighted by atomic mass is 35.7. The summed E-state index contributed by atoms with van der Waals surface area (Å²) < 4.78 is 11.3. The van der Waals surface area contributed by atoms with Crippen LogP contribution < -0.4 is 0 Å². The summed E-state index contributed by atoms with van der Waals surface area (Å²) >= 11 is 5.72. The van der Waals surface area contributed by atoms with Crippen molar-refractivity contribution in [1.82, 2.24) is 0 Å². The topological polar surface area (TPSA) is 17.1 Å². The predicted octanol–water partition coefficient (Wildman–Crippen LogP) is 6.83. The van der Waals surface area contributed by atoms with Gasteiger partial charge in [0.2, 0.25) is 0 Å². The molecular weight excluding hydrogens is 263 g/mol. The molecule has 0 aromatic rings. The molecule has 0 saturated heterocycles. The van der Waals surface area contributed by atoms with Crippen LogP contribution in [0.2, 0.25) is 0 Å². The Hall–Kier alpha value is 0.520. The molecule has 0 aromatic carbocycles. The molecule has 18 heavy (non-hydrogen) atoms. The summed E-state index contributed by atoms with van der Waals surface area (Å²) in [5.74, 6) is 0. The van der Waals surface area contributed by atoms with Crippen LogP contribution in [0.5, 0.6) is 0 Å². The van der Waals surface area contributed by atoms with E-state index in [1.54, 1.807) is 6.66 Å². The first-order valence-corrected chi connectivity index (χ1v) is 11.1. The van der Waals surface area contributed by atoms with Crippen LogP contribution in [0.3, 0.4) is 0 Å². The number of halogens is 1. The van der Waals surface area contributed by atoms with E-state index in [1.807, 2.05) is 0 Å². The highest BCUT2D eigenvalue weighted by molar-refractivity contribution is 7.88. The Balaban J connectivity index is 3.01. The molecule has 3 heteroatoms. The quantitative estimate of drug-likeness (QED) is 0.268. The summed E-state index contributed by atoms with van der Waals surface area (Å²) in [6.45, 7) is 1.67. The van der Waals surface area contributed by atoms with Crippen molar-refractivity contribution in [2.75, 3.05) is 12.8 Å². The smallest absolute Gasteiger partial charge is 0.166 e. The first-order valence-electron chi connectivity index (χ1n) is 7.82. The molecule has 0 heterocycles. The van der Waals surface area contributed by atoms with E-state index in [4.69, 9.17) is 11.2 Å². The van der Waals surface area contributed by atoms with Crippen LogP contribution in [-0.4, -0.2) is 12.8 Å².